The largest absolute Gasteiger partial charge is 0.463 e. The molecular formula is C9H14O6. The van der Waals surface area contributed by atoms with E-state index in [2.05, 4.69) is 0 Å². The van der Waals surface area contributed by atoms with Crippen molar-refractivity contribution in [2.75, 3.05) is 6.61 Å². The van der Waals surface area contributed by atoms with Gasteiger partial charge in [0.05, 0.1) is 0 Å². The van der Waals surface area contributed by atoms with E-state index in [-0.39, 0.29) is 13.0 Å². The van der Waals surface area contributed by atoms with Crippen LogP contribution in [0.25, 0.3) is 0 Å². The Morgan fingerprint density at radius 2 is 2.07 bits per heavy atom. The van der Waals surface area contributed by atoms with Gasteiger partial charge in [-0.2, -0.15) is 0 Å². The van der Waals surface area contributed by atoms with Crippen LogP contribution in [0.3, 0.4) is 0 Å². The monoisotopic (exact) mass is 218 g/mol. The average Bonchev–Trinajstić information content (AvgIpc) is 2.41. The maximum atomic E-state index is 10.7. The fourth-order valence-electron chi connectivity index (χ4n) is 1.38. The number of rotatable bonds is 3. The summed E-state index contributed by atoms with van der Waals surface area (Å²) in [5, 5.41) is 9.19. The van der Waals surface area contributed by atoms with Gasteiger partial charge in [-0.3, -0.25) is 9.59 Å². The van der Waals surface area contributed by atoms with Gasteiger partial charge in [-0.25, -0.2) is 0 Å². The van der Waals surface area contributed by atoms with Crippen LogP contribution in [0.15, 0.2) is 0 Å². The lowest BCUT2D eigenvalue weighted by Gasteiger charge is -2.17. The molecule has 15 heavy (non-hydrogen) atoms. The van der Waals surface area contributed by atoms with E-state index in [1.54, 1.807) is 0 Å². The normalized spacial score (nSPS) is 29.9. The molecule has 0 spiro atoms. The zero-order chi connectivity index (χ0) is 11.4. The van der Waals surface area contributed by atoms with E-state index in [9.17, 15) is 14.7 Å². The van der Waals surface area contributed by atoms with E-state index in [1.165, 1.54) is 13.8 Å². The van der Waals surface area contributed by atoms with Crippen molar-refractivity contribution in [1.82, 2.24) is 0 Å². The molecule has 0 aromatic carbocycles. The lowest BCUT2D eigenvalue weighted by molar-refractivity contribution is -0.159. The second kappa shape index (κ2) is 5.09. The number of aliphatic hydroxyl groups excluding tert-OH is 1. The van der Waals surface area contributed by atoms with Gasteiger partial charge in [0.25, 0.3) is 0 Å². The van der Waals surface area contributed by atoms with Gasteiger partial charge in [0.15, 0.2) is 6.29 Å². The summed E-state index contributed by atoms with van der Waals surface area (Å²) in [7, 11) is 0. The molecular weight excluding hydrogens is 204 g/mol. The maximum Gasteiger partial charge on any atom is 0.303 e. The van der Waals surface area contributed by atoms with Crippen molar-refractivity contribution >= 4 is 11.9 Å². The SMILES string of the molecule is CC(=O)OC[C@H]1O[C@H](O)CC1OC(C)=O. The summed E-state index contributed by atoms with van der Waals surface area (Å²) in [5.74, 6) is -0.896. The number of carbonyl (C=O) groups excluding carboxylic acids is 2. The second-order valence-corrected chi connectivity index (χ2v) is 3.32. The molecule has 1 fully saturated rings. The highest BCUT2D eigenvalue weighted by Crippen LogP contribution is 2.22. The average molecular weight is 218 g/mol. The summed E-state index contributed by atoms with van der Waals surface area (Å²) in [6, 6.07) is 0. The van der Waals surface area contributed by atoms with E-state index in [1.807, 2.05) is 0 Å². The number of hydrogen-bond acceptors (Lipinski definition) is 6. The van der Waals surface area contributed by atoms with Crippen molar-refractivity contribution in [2.45, 2.75) is 38.8 Å². The minimum Gasteiger partial charge on any atom is -0.463 e. The van der Waals surface area contributed by atoms with Crippen molar-refractivity contribution in [3.8, 4) is 0 Å². The predicted octanol–water partition coefficient (Wildman–Crippen LogP) is -0.412. The molecule has 0 bridgehead atoms. The molecule has 0 saturated carbocycles. The highest BCUT2D eigenvalue weighted by Gasteiger charge is 2.37. The van der Waals surface area contributed by atoms with Gasteiger partial charge in [0.1, 0.15) is 18.8 Å². The van der Waals surface area contributed by atoms with Crippen LogP contribution in [0, 0.1) is 0 Å². The van der Waals surface area contributed by atoms with Gasteiger partial charge in [0, 0.05) is 20.3 Å². The lowest BCUT2D eigenvalue weighted by atomic mass is 10.2. The molecule has 6 heteroatoms. The van der Waals surface area contributed by atoms with Gasteiger partial charge in [-0.1, -0.05) is 0 Å². The highest BCUT2D eigenvalue weighted by atomic mass is 16.7. The van der Waals surface area contributed by atoms with Crippen molar-refractivity contribution in [1.29, 1.82) is 0 Å². The Morgan fingerprint density at radius 1 is 1.40 bits per heavy atom. The molecule has 3 atom stereocenters. The molecule has 1 aliphatic rings. The molecule has 0 aromatic rings. The molecule has 0 radical (unpaired) electrons. The Labute approximate surface area is 87.1 Å². The third-order valence-corrected chi connectivity index (χ3v) is 1.95. The maximum absolute atomic E-state index is 10.7. The fourth-order valence-corrected chi connectivity index (χ4v) is 1.38. The molecule has 6 nitrogen and oxygen atoms in total. The van der Waals surface area contributed by atoms with Crippen LogP contribution in [0.5, 0.6) is 0 Å². The number of hydrogen-bond donors (Lipinski definition) is 1. The third kappa shape index (κ3) is 3.85. The summed E-state index contributed by atoms with van der Waals surface area (Å²) in [4.78, 5) is 21.3. The van der Waals surface area contributed by atoms with E-state index in [0.717, 1.165) is 0 Å². The van der Waals surface area contributed by atoms with Crippen LogP contribution in [0.2, 0.25) is 0 Å². The first kappa shape index (κ1) is 11.9. The molecule has 0 aromatic heterocycles. The minimum absolute atomic E-state index is 0.0235. The first-order valence-electron chi connectivity index (χ1n) is 4.63. The van der Waals surface area contributed by atoms with E-state index >= 15 is 0 Å². The summed E-state index contributed by atoms with van der Waals surface area (Å²) in [6.07, 6.45) is -1.93. The Morgan fingerprint density at radius 3 is 2.60 bits per heavy atom. The number of esters is 2. The molecule has 0 amide bonds. The fraction of sp³-hybridized carbons (Fsp3) is 0.778. The standard InChI is InChI=1S/C9H14O6/c1-5(10)13-4-8-7(14-6(2)11)3-9(12)15-8/h7-9,12H,3-4H2,1-2H3/t7?,8-,9+/m1/s1. The molecule has 1 unspecified atom stereocenters. The number of aliphatic hydroxyl groups is 1. The summed E-state index contributed by atoms with van der Waals surface area (Å²) in [6.45, 7) is 2.52. The van der Waals surface area contributed by atoms with Crippen LogP contribution in [0.1, 0.15) is 20.3 Å². The Balaban J connectivity index is 2.45. The number of carbonyl (C=O) groups is 2. The Kier molecular flexibility index (Phi) is 4.05. The first-order chi connectivity index (χ1) is 6.99. The van der Waals surface area contributed by atoms with Crippen molar-refractivity contribution in [3.63, 3.8) is 0 Å². The Bertz CT molecular complexity index is 251. The van der Waals surface area contributed by atoms with Crippen molar-refractivity contribution in [3.05, 3.63) is 0 Å². The summed E-state index contributed by atoms with van der Waals surface area (Å²) in [5.41, 5.74) is 0. The van der Waals surface area contributed by atoms with Gasteiger partial charge < -0.3 is 19.3 Å². The van der Waals surface area contributed by atoms with E-state index in [4.69, 9.17) is 14.2 Å². The molecule has 1 rings (SSSR count). The Hall–Kier alpha value is -1.14. The van der Waals surface area contributed by atoms with Gasteiger partial charge in [-0.15, -0.1) is 0 Å². The molecule has 0 aliphatic carbocycles. The van der Waals surface area contributed by atoms with Gasteiger partial charge in [0.2, 0.25) is 0 Å². The van der Waals surface area contributed by atoms with Gasteiger partial charge in [-0.05, 0) is 0 Å². The molecule has 1 heterocycles. The third-order valence-electron chi connectivity index (χ3n) is 1.95. The zero-order valence-electron chi connectivity index (χ0n) is 8.63. The second-order valence-electron chi connectivity index (χ2n) is 3.32. The van der Waals surface area contributed by atoms with Crippen LogP contribution < -0.4 is 0 Å². The first-order valence-corrected chi connectivity index (χ1v) is 4.63. The quantitative estimate of drug-likeness (QED) is 0.648. The van der Waals surface area contributed by atoms with Crippen LogP contribution in [-0.4, -0.2) is 42.1 Å². The summed E-state index contributed by atoms with van der Waals surface area (Å²) < 4.78 is 14.7. The molecule has 86 valence electrons. The molecule has 1 N–H and O–H groups in total. The van der Waals surface area contributed by atoms with Crippen LogP contribution >= 0.6 is 0 Å². The minimum atomic E-state index is -0.977. The van der Waals surface area contributed by atoms with E-state index in [0.29, 0.717) is 0 Å². The highest BCUT2D eigenvalue weighted by molar-refractivity contribution is 5.66. The zero-order valence-corrected chi connectivity index (χ0v) is 8.63. The lowest BCUT2D eigenvalue weighted by Crippen LogP contribution is -2.31. The summed E-state index contributed by atoms with van der Waals surface area (Å²) >= 11 is 0. The van der Waals surface area contributed by atoms with E-state index < -0.39 is 30.4 Å². The van der Waals surface area contributed by atoms with Crippen molar-refractivity contribution in [2.24, 2.45) is 0 Å². The smallest absolute Gasteiger partial charge is 0.303 e. The van der Waals surface area contributed by atoms with Crippen LogP contribution in [-0.2, 0) is 23.8 Å². The van der Waals surface area contributed by atoms with Crippen molar-refractivity contribution < 1.29 is 28.9 Å². The topological polar surface area (TPSA) is 82.1 Å². The number of ether oxygens (including phenoxy) is 3. The van der Waals surface area contributed by atoms with Gasteiger partial charge >= 0.3 is 11.9 Å². The molecule has 1 saturated heterocycles. The predicted molar refractivity (Wildman–Crippen MR) is 47.7 cm³/mol. The molecule has 1 aliphatic heterocycles. The van der Waals surface area contributed by atoms with Crippen LogP contribution in [0.4, 0.5) is 0 Å².